The highest BCUT2D eigenvalue weighted by Gasteiger charge is 2.34. The Morgan fingerprint density at radius 3 is 2.72 bits per heavy atom. The molecule has 2 aromatic heterocycles. The molecule has 0 saturated carbocycles. The smallest absolute Gasteiger partial charge is 0.211 e. The number of guanidine groups is 1. The summed E-state index contributed by atoms with van der Waals surface area (Å²) in [5, 5.41) is 23.4. The van der Waals surface area contributed by atoms with Gasteiger partial charge < -0.3 is 21.4 Å². The van der Waals surface area contributed by atoms with Gasteiger partial charge in [0, 0.05) is 24.2 Å². The number of aliphatic imine (C=N–C) groups is 1. The highest BCUT2D eigenvalue weighted by atomic mass is 19.1. The fraction of sp³-hybridized carbons (Fsp3) is 0.111. The number of aromatic nitrogens is 2. The SMILES string of the molecule is Cn1ccc2c(F)c(C3N=C(NC#N)Nc4nc(N)c(C#N)c(N)c43)c(F)cc21. The third-order valence-electron chi connectivity index (χ3n) is 4.75. The molecular formula is C18H13F2N9. The van der Waals surface area contributed by atoms with Gasteiger partial charge in [-0.2, -0.15) is 10.5 Å². The summed E-state index contributed by atoms with van der Waals surface area (Å²) in [6.45, 7) is 0. The maximum absolute atomic E-state index is 15.3. The number of benzene rings is 1. The Balaban J connectivity index is 2.05. The molecule has 3 heterocycles. The molecule has 11 heteroatoms. The number of nitriles is 2. The monoisotopic (exact) mass is 393 g/mol. The van der Waals surface area contributed by atoms with Crippen LogP contribution in [-0.2, 0) is 7.05 Å². The van der Waals surface area contributed by atoms with Crippen molar-refractivity contribution in [2.45, 2.75) is 6.04 Å². The lowest BCUT2D eigenvalue weighted by atomic mass is 9.93. The molecule has 29 heavy (non-hydrogen) atoms. The Labute approximate surface area is 162 Å². The minimum Gasteiger partial charge on any atom is -0.397 e. The van der Waals surface area contributed by atoms with E-state index in [1.165, 1.54) is 12.1 Å². The molecule has 4 rings (SSSR count). The standard InChI is InChI=1S/C18H13F2N9/c1-29-3-2-7-10(29)4-9(19)11(13(7)20)15-12-14(23)8(5-21)16(24)27-17(12)28-18(26-15)25-6-22/h2-4,15H,1H3,(H6,23,24,25,26,27,28). The van der Waals surface area contributed by atoms with Gasteiger partial charge in [0.05, 0.1) is 16.8 Å². The fourth-order valence-corrected chi connectivity index (χ4v) is 3.40. The molecule has 0 aliphatic carbocycles. The minimum absolute atomic E-state index is 0.0451. The number of nitrogens with two attached hydrogens (primary N) is 2. The molecule has 1 aliphatic rings. The lowest BCUT2D eigenvalue weighted by Crippen LogP contribution is -2.33. The van der Waals surface area contributed by atoms with E-state index in [4.69, 9.17) is 16.7 Å². The number of hydrogen-bond acceptors (Lipinski definition) is 8. The van der Waals surface area contributed by atoms with Crippen molar-refractivity contribution in [1.82, 2.24) is 14.9 Å². The summed E-state index contributed by atoms with van der Waals surface area (Å²) in [6, 6.07) is 3.24. The van der Waals surface area contributed by atoms with Crippen LogP contribution in [0.25, 0.3) is 10.9 Å². The van der Waals surface area contributed by atoms with Gasteiger partial charge in [-0.1, -0.05) is 0 Å². The van der Waals surface area contributed by atoms with Crippen LogP contribution >= 0.6 is 0 Å². The summed E-state index contributed by atoms with van der Waals surface area (Å²) >= 11 is 0. The van der Waals surface area contributed by atoms with Crippen LogP contribution in [0.5, 0.6) is 0 Å². The summed E-state index contributed by atoms with van der Waals surface area (Å²) in [4.78, 5) is 8.26. The molecule has 0 saturated heterocycles. The number of aryl methyl sites for hydroxylation is 1. The lowest BCUT2D eigenvalue weighted by Gasteiger charge is -2.26. The molecule has 3 aromatic rings. The van der Waals surface area contributed by atoms with Gasteiger partial charge in [0.25, 0.3) is 0 Å². The largest absolute Gasteiger partial charge is 0.397 e. The van der Waals surface area contributed by atoms with E-state index in [0.29, 0.717) is 5.52 Å². The Hall–Kier alpha value is -4.38. The topological polar surface area (TPSA) is 154 Å². The van der Waals surface area contributed by atoms with Crippen LogP contribution in [0.3, 0.4) is 0 Å². The summed E-state index contributed by atoms with van der Waals surface area (Å²) in [6.07, 6.45) is 3.28. The maximum atomic E-state index is 15.3. The Morgan fingerprint density at radius 1 is 1.28 bits per heavy atom. The van der Waals surface area contributed by atoms with Crippen molar-refractivity contribution in [2.24, 2.45) is 12.0 Å². The lowest BCUT2D eigenvalue weighted by molar-refractivity contribution is 0.551. The van der Waals surface area contributed by atoms with Crippen LogP contribution in [0.2, 0.25) is 0 Å². The Kier molecular flexibility index (Phi) is 3.94. The van der Waals surface area contributed by atoms with Crippen LogP contribution in [0, 0.1) is 34.4 Å². The molecule has 9 nitrogen and oxygen atoms in total. The predicted molar refractivity (Wildman–Crippen MR) is 102 cm³/mol. The second-order valence-corrected chi connectivity index (χ2v) is 6.35. The zero-order valence-corrected chi connectivity index (χ0v) is 15.0. The number of nitrogen functional groups attached to an aromatic ring is 2. The van der Waals surface area contributed by atoms with E-state index in [2.05, 4.69) is 20.6 Å². The van der Waals surface area contributed by atoms with E-state index >= 15 is 8.78 Å². The van der Waals surface area contributed by atoms with Gasteiger partial charge in [0.15, 0.2) is 6.19 Å². The number of pyridine rings is 1. The molecule has 1 aliphatic heterocycles. The number of fused-ring (bicyclic) bond motifs is 2. The van der Waals surface area contributed by atoms with Gasteiger partial charge in [-0.15, -0.1) is 0 Å². The van der Waals surface area contributed by atoms with Crippen molar-refractivity contribution in [3.8, 4) is 12.3 Å². The maximum Gasteiger partial charge on any atom is 0.211 e. The second-order valence-electron chi connectivity index (χ2n) is 6.35. The third-order valence-corrected chi connectivity index (χ3v) is 4.75. The van der Waals surface area contributed by atoms with Crippen molar-refractivity contribution in [2.75, 3.05) is 16.8 Å². The highest BCUT2D eigenvalue weighted by Crippen LogP contribution is 2.43. The molecule has 0 fully saturated rings. The van der Waals surface area contributed by atoms with Crippen LogP contribution in [0.15, 0.2) is 23.3 Å². The summed E-state index contributed by atoms with van der Waals surface area (Å²) in [5.74, 6) is -1.89. The molecule has 0 bridgehead atoms. The van der Waals surface area contributed by atoms with E-state index in [1.54, 1.807) is 24.0 Å². The zero-order chi connectivity index (χ0) is 20.9. The van der Waals surface area contributed by atoms with E-state index in [0.717, 1.165) is 0 Å². The number of rotatable bonds is 1. The molecule has 1 unspecified atom stereocenters. The van der Waals surface area contributed by atoms with E-state index in [9.17, 15) is 5.26 Å². The molecule has 0 amide bonds. The quantitative estimate of drug-likeness (QED) is 0.363. The third kappa shape index (κ3) is 2.56. The Morgan fingerprint density at radius 2 is 2.03 bits per heavy atom. The number of anilines is 3. The van der Waals surface area contributed by atoms with Crippen molar-refractivity contribution in [3.05, 3.63) is 46.7 Å². The molecule has 6 N–H and O–H groups in total. The van der Waals surface area contributed by atoms with Gasteiger partial charge in [-0.3, -0.25) is 5.32 Å². The number of nitrogens with zero attached hydrogens (tertiary/aromatic N) is 5. The minimum atomic E-state index is -1.30. The van der Waals surface area contributed by atoms with Crippen LogP contribution < -0.4 is 22.1 Å². The summed E-state index contributed by atoms with van der Waals surface area (Å²) < 4.78 is 32.0. The van der Waals surface area contributed by atoms with Crippen LogP contribution in [0.4, 0.5) is 26.1 Å². The fourth-order valence-electron chi connectivity index (χ4n) is 3.40. The molecule has 1 aromatic carbocycles. The average Bonchev–Trinajstić information content (AvgIpc) is 3.03. The van der Waals surface area contributed by atoms with E-state index in [1.807, 2.05) is 6.07 Å². The first-order chi connectivity index (χ1) is 13.9. The van der Waals surface area contributed by atoms with Crippen LogP contribution in [0.1, 0.15) is 22.7 Å². The molecule has 144 valence electrons. The average molecular weight is 393 g/mol. The molecular weight excluding hydrogens is 380 g/mol. The normalized spacial score (nSPS) is 15.1. The van der Waals surface area contributed by atoms with Gasteiger partial charge in [-0.25, -0.2) is 18.8 Å². The van der Waals surface area contributed by atoms with Gasteiger partial charge >= 0.3 is 0 Å². The van der Waals surface area contributed by atoms with E-state index in [-0.39, 0.29) is 45.4 Å². The molecule has 0 radical (unpaired) electrons. The first-order valence-corrected chi connectivity index (χ1v) is 8.29. The molecule has 1 atom stereocenters. The molecule has 0 spiro atoms. The first-order valence-electron chi connectivity index (χ1n) is 8.29. The summed E-state index contributed by atoms with van der Waals surface area (Å²) in [7, 11) is 1.66. The number of hydrogen-bond donors (Lipinski definition) is 4. The predicted octanol–water partition coefficient (Wildman–Crippen LogP) is 1.83. The second kappa shape index (κ2) is 6.35. The van der Waals surface area contributed by atoms with Crippen molar-refractivity contribution < 1.29 is 8.78 Å². The van der Waals surface area contributed by atoms with Crippen molar-refractivity contribution >= 4 is 34.2 Å². The number of halogens is 2. The van der Waals surface area contributed by atoms with Crippen molar-refractivity contribution in [1.29, 1.82) is 10.5 Å². The Bertz CT molecular complexity index is 1290. The highest BCUT2D eigenvalue weighted by molar-refractivity contribution is 5.98. The van der Waals surface area contributed by atoms with Gasteiger partial charge in [0.1, 0.15) is 40.9 Å². The van der Waals surface area contributed by atoms with Crippen molar-refractivity contribution in [3.63, 3.8) is 0 Å². The summed E-state index contributed by atoms with van der Waals surface area (Å²) in [5.41, 5.74) is 11.7. The van der Waals surface area contributed by atoms with Gasteiger partial charge in [0.2, 0.25) is 5.96 Å². The van der Waals surface area contributed by atoms with Crippen LogP contribution in [-0.4, -0.2) is 15.5 Å². The van der Waals surface area contributed by atoms with Gasteiger partial charge in [-0.05, 0) is 12.1 Å². The number of nitrogens with one attached hydrogen (secondary N) is 2. The van der Waals surface area contributed by atoms with E-state index < -0.39 is 17.7 Å². The zero-order valence-electron chi connectivity index (χ0n) is 15.0. The first kappa shape index (κ1) is 18.0.